The topological polar surface area (TPSA) is 78.4 Å². The van der Waals surface area contributed by atoms with Crippen molar-refractivity contribution in [2.45, 2.75) is 26.7 Å². The lowest BCUT2D eigenvalue weighted by atomic mass is 9.81. The minimum absolute atomic E-state index is 0.0497. The average Bonchev–Trinajstić information content (AvgIpc) is 2.54. The van der Waals surface area contributed by atoms with Crippen molar-refractivity contribution in [3.05, 3.63) is 23.8 Å². The number of hydrogen-bond donors (Lipinski definition) is 3. The molecule has 0 saturated carbocycles. The highest BCUT2D eigenvalue weighted by atomic mass is 16.4. The van der Waals surface area contributed by atoms with Crippen LogP contribution < -0.4 is 10.6 Å². The summed E-state index contributed by atoms with van der Waals surface area (Å²) in [5.41, 5.74) is 0.719. The van der Waals surface area contributed by atoms with Crippen LogP contribution in [0.5, 0.6) is 0 Å². The second-order valence-electron chi connectivity index (χ2n) is 4.83. The smallest absolute Gasteiger partial charge is 0.337 e. The number of benzene rings is 1. The highest BCUT2D eigenvalue weighted by Gasteiger charge is 2.37. The van der Waals surface area contributed by atoms with Crippen LogP contribution in [-0.2, 0) is 4.79 Å². The second-order valence-corrected chi connectivity index (χ2v) is 4.83. The third kappa shape index (κ3) is 2.16. The highest BCUT2D eigenvalue weighted by molar-refractivity contribution is 6.05. The predicted molar refractivity (Wildman–Crippen MR) is 73.5 cm³/mol. The molecule has 19 heavy (non-hydrogen) atoms. The normalized spacial score (nSPS) is 16.8. The minimum atomic E-state index is -1.00. The van der Waals surface area contributed by atoms with Gasteiger partial charge in [0.2, 0.25) is 5.91 Å². The Morgan fingerprint density at radius 1 is 1.37 bits per heavy atom. The van der Waals surface area contributed by atoms with Crippen molar-refractivity contribution in [1.29, 1.82) is 0 Å². The number of hydrogen-bond acceptors (Lipinski definition) is 3. The van der Waals surface area contributed by atoms with Crippen molar-refractivity contribution < 1.29 is 14.7 Å². The van der Waals surface area contributed by atoms with E-state index in [0.717, 1.165) is 0 Å². The van der Waals surface area contributed by atoms with Gasteiger partial charge in [0.15, 0.2) is 0 Å². The fourth-order valence-electron chi connectivity index (χ4n) is 2.44. The Labute approximate surface area is 112 Å². The van der Waals surface area contributed by atoms with E-state index in [4.69, 9.17) is 0 Å². The third-order valence-corrected chi connectivity index (χ3v) is 3.98. The molecule has 0 saturated heterocycles. The minimum Gasteiger partial charge on any atom is -0.478 e. The molecule has 1 aromatic carbocycles. The molecule has 0 fully saturated rings. The molecule has 2 rings (SSSR count). The second kappa shape index (κ2) is 4.91. The van der Waals surface area contributed by atoms with Gasteiger partial charge >= 0.3 is 5.97 Å². The summed E-state index contributed by atoms with van der Waals surface area (Å²) in [5, 5.41) is 15.2. The summed E-state index contributed by atoms with van der Waals surface area (Å²) < 4.78 is 0. The van der Waals surface area contributed by atoms with Gasteiger partial charge < -0.3 is 15.7 Å². The Morgan fingerprint density at radius 3 is 2.63 bits per heavy atom. The van der Waals surface area contributed by atoms with E-state index < -0.39 is 11.4 Å². The molecule has 1 aliphatic heterocycles. The van der Waals surface area contributed by atoms with Gasteiger partial charge in [-0.1, -0.05) is 19.9 Å². The molecule has 3 N–H and O–H groups in total. The van der Waals surface area contributed by atoms with Gasteiger partial charge in [-0.05, 0) is 25.0 Å². The van der Waals surface area contributed by atoms with Crippen LogP contribution in [0.2, 0.25) is 0 Å². The number of carboxylic acids is 1. The maximum absolute atomic E-state index is 12.3. The Morgan fingerprint density at radius 2 is 2.05 bits per heavy atom. The molecule has 102 valence electrons. The summed E-state index contributed by atoms with van der Waals surface area (Å²) in [6, 6.07) is 4.88. The molecule has 0 aromatic heterocycles. The number of rotatable bonds is 3. The summed E-state index contributed by atoms with van der Waals surface area (Å²) in [6.45, 7) is 4.39. The lowest BCUT2D eigenvalue weighted by Crippen LogP contribution is -2.39. The van der Waals surface area contributed by atoms with Crippen LogP contribution in [0.15, 0.2) is 18.2 Å². The first-order chi connectivity index (χ1) is 9.04. The number of carboxylic acid groups (broad SMARTS) is 1. The number of aromatic carboxylic acids is 1. The summed E-state index contributed by atoms with van der Waals surface area (Å²) in [6.07, 6.45) is 1.41. The zero-order valence-electron chi connectivity index (χ0n) is 11.1. The van der Waals surface area contributed by atoms with Gasteiger partial charge in [-0.2, -0.15) is 0 Å². The molecular formula is C14H18N2O3. The lowest BCUT2D eigenvalue weighted by molar-refractivity contribution is -0.125. The first kappa shape index (κ1) is 13.4. The largest absolute Gasteiger partial charge is 0.478 e. The monoisotopic (exact) mass is 262 g/mol. The van der Waals surface area contributed by atoms with Crippen molar-refractivity contribution in [3.63, 3.8) is 0 Å². The van der Waals surface area contributed by atoms with E-state index in [1.54, 1.807) is 12.1 Å². The molecule has 0 atom stereocenters. The van der Waals surface area contributed by atoms with E-state index in [9.17, 15) is 14.7 Å². The summed E-state index contributed by atoms with van der Waals surface area (Å²) in [5.74, 6) is -1.05. The van der Waals surface area contributed by atoms with Crippen LogP contribution in [0, 0.1) is 5.41 Å². The van der Waals surface area contributed by atoms with Gasteiger partial charge in [-0.25, -0.2) is 4.79 Å². The van der Waals surface area contributed by atoms with Crippen LogP contribution in [0.25, 0.3) is 0 Å². The third-order valence-electron chi connectivity index (χ3n) is 3.98. The number of amides is 1. The molecule has 1 aliphatic rings. The molecule has 5 nitrogen and oxygen atoms in total. The van der Waals surface area contributed by atoms with Crippen molar-refractivity contribution in [2.24, 2.45) is 5.41 Å². The quantitative estimate of drug-likeness (QED) is 0.782. The lowest BCUT2D eigenvalue weighted by Gasteiger charge is -2.27. The molecule has 1 aromatic rings. The number of anilines is 2. The predicted octanol–water partition coefficient (Wildman–Crippen LogP) is 2.56. The number of carbonyl (C=O) groups excluding carboxylic acids is 1. The van der Waals surface area contributed by atoms with Gasteiger partial charge in [-0.3, -0.25) is 4.79 Å². The highest BCUT2D eigenvalue weighted by Crippen LogP contribution is 2.36. The Bertz CT molecular complexity index is 521. The molecule has 0 radical (unpaired) electrons. The Kier molecular flexibility index (Phi) is 3.46. The molecule has 0 unspecified atom stereocenters. The van der Waals surface area contributed by atoms with Crippen LogP contribution >= 0.6 is 0 Å². The fraction of sp³-hybridized carbons (Fsp3) is 0.429. The van der Waals surface area contributed by atoms with Crippen LogP contribution in [0.1, 0.15) is 37.0 Å². The molecule has 1 amide bonds. The standard InChI is InChI=1S/C14H18N2O3/c1-3-14(4-2)8-15-11-9(12(17)18)6-5-7-10(11)16-13(14)19/h5-7,15H,3-4,8H2,1-2H3,(H,16,19)(H,17,18). The van der Waals surface area contributed by atoms with Crippen LogP contribution in [-0.4, -0.2) is 23.5 Å². The summed E-state index contributed by atoms with van der Waals surface area (Å²) in [4.78, 5) is 23.6. The van der Waals surface area contributed by atoms with E-state index in [2.05, 4.69) is 10.6 Å². The van der Waals surface area contributed by atoms with Gasteiger partial charge in [0.05, 0.1) is 22.4 Å². The molecule has 5 heteroatoms. The van der Waals surface area contributed by atoms with Crippen molar-refractivity contribution >= 4 is 23.3 Å². The molecule has 0 spiro atoms. The van der Waals surface area contributed by atoms with Gasteiger partial charge in [0.1, 0.15) is 0 Å². The average molecular weight is 262 g/mol. The number of fused-ring (bicyclic) bond motifs is 1. The summed E-state index contributed by atoms with van der Waals surface area (Å²) >= 11 is 0. The van der Waals surface area contributed by atoms with Crippen LogP contribution in [0.4, 0.5) is 11.4 Å². The van der Waals surface area contributed by atoms with Gasteiger partial charge in [0, 0.05) is 6.54 Å². The number of carbonyl (C=O) groups is 2. The Hall–Kier alpha value is -2.04. The zero-order chi connectivity index (χ0) is 14.0. The van der Waals surface area contributed by atoms with Crippen molar-refractivity contribution in [1.82, 2.24) is 0 Å². The van der Waals surface area contributed by atoms with E-state index in [1.807, 2.05) is 13.8 Å². The number of nitrogens with one attached hydrogen (secondary N) is 2. The number of para-hydroxylation sites is 1. The zero-order valence-corrected chi connectivity index (χ0v) is 11.1. The van der Waals surface area contributed by atoms with E-state index in [-0.39, 0.29) is 11.5 Å². The first-order valence-corrected chi connectivity index (χ1v) is 6.45. The molecule has 0 bridgehead atoms. The first-order valence-electron chi connectivity index (χ1n) is 6.45. The fourth-order valence-corrected chi connectivity index (χ4v) is 2.44. The van der Waals surface area contributed by atoms with Gasteiger partial charge in [-0.15, -0.1) is 0 Å². The van der Waals surface area contributed by atoms with E-state index >= 15 is 0 Å². The molecule has 0 aliphatic carbocycles. The van der Waals surface area contributed by atoms with Gasteiger partial charge in [0.25, 0.3) is 0 Å². The van der Waals surface area contributed by atoms with Crippen molar-refractivity contribution in [3.8, 4) is 0 Å². The maximum Gasteiger partial charge on any atom is 0.337 e. The SMILES string of the molecule is CCC1(CC)CNc2c(cccc2C(=O)O)NC1=O. The van der Waals surface area contributed by atoms with E-state index in [1.165, 1.54) is 6.07 Å². The molecular weight excluding hydrogens is 244 g/mol. The summed E-state index contributed by atoms with van der Waals surface area (Å²) in [7, 11) is 0. The Balaban J connectivity index is 2.47. The maximum atomic E-state index is 12.3. The van der Waals surface area contributed by atoms with Crippen LogP contribution in [0.3, 0.4) is 0 Å². The van der Waals surface area contributed by atoms with Crippen molar-refractivity contribution in [2.75, 3.05) is 17.2 Å². The molecule has 1 heterocycles. The van der Waals surface area contributed by atoms with E-state index in [0.29, 0.717) is 30.8 Å².